The van der Waals surface area contributed by atoms with Crippen LogP contribution in [0.25, 0.3) is 10.8 Å². The number of unbranched alkanes of at least 4 members (excludes halogenated alkanes) is 2. The highest BCUT2D eigenvalue weighted by atomic mass is 16.7. The van der Waals surface area contributed by atoms with E-state index in [4.69, 9.17) is 28.9 Å². The van der Waals surface area contributed by atoms with Gasteiger partial charge in [-0.3, -0.25) is 4.79 Å². The third-order valence-corrected chi connectivity index (χ3v) is 13.6. The van der Waals surface area contributed by atoms with Crippen molar-refractivity contribution >= 4 is 22.4 Å². The number of aliphatic hydroxyl groups excluding tert-OH is 3. The Bertz CT molecular complexity index is 1990. The fourth-order valence-electron chi connectivity index (χ4n) is 10.8. The van der Waals surface area contributed by atoms with Gasteiger partial charge < -0.3 is 44.0 Å². The van der Waals surface area contributed by atoms with Crippen LogP contribution in [0.4, 0.5) is 0 Å². The molecule has 3 aromatic carbocycles. The van der Waals surface area contributed by atoms with Gasteiger partial charge in [-0.25, -0.2) is 0 Å². The highest BCUT2D eigenvalue weighted by Crippen LogP contribution is 2.62. The molecule has 6 unspecified atom stereocenters. The molecule has 1 amide bonds. The average molecular weight is 853 g/mol. The number of carbonyl (C=O) groups excluding carboxylic acids is 1. The Morgan fingerprint density at radius 2 is 1.68 bits per heavy atom. The van der Waals surface area contributed by atoms with E-state index in [1.807, 2.05) is 42.2 Å². The normalized spacial score (nSPS) is 24.9. The number of aliphatic hydroxyl groups is 3. The highest BCUT2D eigenvalue weighted by Gasteiger charge is 2.65. The molecule has 1 aliphatic heterocycles. The van der Waals surface area contributed by atoms with Gasteiger partial charge in [0.15, 0.2) is 0 Å². The van der Waals surface area contributed by atoms with E-state index in [1.165, 1.54) is 12.8 Å². The predicted molar refractivity (Wildman–Crippen MR) is 241 cm³/mol. The second kappa shape index (κ2) is 22.4. The van der Waals surface area contributed by atoms with E-state index in [1.54, 1.807) is 6.08 Å². The molecule has 0 bridgehead atoms. The number of rotatable bonds is 24. The zero-order valence-corrected chi connectivity index (χ0v) is 36.6. The summed E-state index contributed by atoms with van der Waals surface area (Å²) in [5, 5.41) is 36.6. The Morgan fingerprint density at radius 1 is 0.919 bits per heavy atom. The molecule has 0 spiro atoms. The lowest BCUT2D eigenvalue weighted by Gasteiger charge is -2.60. The summed E-state index contributed by atoms with van der Waals surface area (Å²) in [6.45, 7) is 7.36. The molecule has 4 aliphatic rings. The van der Waals surface area contributed by atoms with Crippen LogP contribution >= 0.6 is 0 Å². The van der Waals surface area contributed by atoms with E-state index in [0.29, 0.717) is 49.7 Å². The van der Waals surface area contributed by atoms with Crippen LogP contribution in [0.2, 0.25) is 0 Å². The molecule has 62 heavy (non-hydrogen) atoms. The number of ether oxygens (including phenoxy) is 4. The van der Waals surface area contributed by atoms with Crippen molar-refractivity contribution in [3.63, 3.8) is 0 Å². The van der Waals surface area contributed by atoms with Crippen molar-refractivity contribution < 1.29 is 43.9 Å². The first-order valence-electron chi connectivity index (χ1n) is 23.3. The van der Waals surface area contributed by atoms with Gasteiger partial charge in [-0.05, 0) is 103 Å². The van der Waals surface area contributed by atoms with Crippen LogP contribution in [0, 0.1) is 23.7 Å². The molecule has 2 saturated carbocycles. The van der Waals surface area contributed by atoms with Gasteiger partial charge in [0.2, 0.25) is 11.7 Å². The Kier molecular flexibility index (Phi) is 16.5. The van der Waals surface area contributed by atoms with Crippen molar-refractivity contribution in [3.8, 4) is 17.2 Å². The largest absolute Gasteiger partial charge is 0.459 e. The van der Waals surface area contributed by atoms with Crippen LogP contribution in [0.1, 0.15) is 102 Å². The van der Waals surface area contributed by atoms with Crippen molar-refractivity contribution in [1.82, 2.24) is 4.90 Å². The smallest absolute Gasteiger partial charge is 0.239 e. The van der Waals surface area contributed by atoms with Crippen LogP contribution in [0.5, 0.6) is 17.2 Å². The second-order valence-corrected chi connectivity index (χ2v) is 17.4. The molecule has 3 aliphatic carbocycles. The number of hydrogen-bond donors (Lipinski definition) is 3. The van der Waals surface area contributed by atoms with E-state index >= 15 is 0 Å². The Morgan fingerprint density at radius 3 is 2.44 bits per heavy atom. The van der Waals surface area contributed by atoms with Gasteiger partial charge in [0.05, 0.1) is 38.1 Å². The van der Waals surface area contributed by atoms with Gasteiger partial charge in [-0.1, -0.05) is 86.2 Å². The molecule has 3 aromatic rings. The number of carbonyl (C=O) groups is 1. The number of nitrogens with zero attached hydrogens (tertiary/aromatic N) is 2. The van der Waals surface area contributed by atoms with E-state index in [-0.39, 0.29) is 69.8 Å². The molecule has 11 heteroatoms. The monoisotopic (exact) mass is 852 g/mol. The molecule has 3 N–H and O–H groups in total. The predicted octanol–water partition coefficient (Wildman–Crippen LogP) is 9.09. The summed E-state index contributed by atoms with van der Waals surface area (Å²) in [4.78, 5) is 22.7. The van der Waals surface area contributed by atoms with Gasteiger partial charge >= 0.3 is 0 Å². The SMILES string of the molecule is C=CCOC12Oc3ccc(Oc4ccc5ccccc5c4)cc3C3C(CCCCO)C(CCCCO)C=C(C(=NOCC)CC1N(CCOCCO)C(=O)CCC1CCCC1)C32. The Balaban J connectivity index is 1.39. The average Bonchev–Trinajstić information content (AvgIpc) is 3.82. The third-order valence-electron chi connectivity index (χ3n) is 13.6. The van der Waals surface area contributed by atoms with Gasteiger partial charge in [-0.2, -0.15) is 0 Å². The van der Waals surface area contributed by atoms with Crippen LogP contribution in [0.3, 0.4) is 0 Å². The molecule has 0 aromatic heterocycles. The van der Waals surface area contributed by atoms with Crippen molar-refractivity contribution in [3.05, 3.63) is 90.5 Å². The lowest BCUT2D eigenvalue weighted by molar-refractivity contribution is -0.258. The summed E-state index contributed by atoms with van der Waals surface area (Å²) >= 11 is 0. The first-order chi connectivity index (χ1) is 30.4. The van der Waals surface area contributed by atoms with Crippen LogP contribution < -0.4 is 9.47 Å². The van der Waals surface area contributed by atoms with Gasteiger partial charge in [0, 0.05) is 44.1 Å². The summed E-state index contributed by atoms with van der Waals surface area (Å²) in [6, 6.07) is 19.8. The molecule has 6 atom stereocenters. The van der Waals surface area contributed by atoms with Gasteiger partial charge in [0.1, 0.15) is 29.9 Å². The quantitative estimate of drug-likeness (QED) is 0.0458. The minimum atomic E-state index is -1.35. The van der Waals surface area contributed by atoms with Crippen molar-refractivity contribution in [2.75, 3.05) is 52.8 Å². The fourth-order valence-corrected chi connectivity index (χ4v) is 10.8. The lowest BCUT2D eigenvalue weighted by atomic mass is 9.55. The second-order valence-electron chi connectivity index (χ2n) is 17.4. The molecular formula is C51H68N2O9. The van der Waals surface area contributed by atoms with Crippen molar-refractivity contribution in [2.45, 2.75) is 108 Å². The number of fused-ring (bicyclic) bond motifs is 3. The van der Waals surface area contributed by atoms with Gasteiger partial charge in [0.25, 0.3) is 0 Å². The maximum Gasteiger partial charge on any atom is 0.239 e. The number of amides is 1. The maximum absolute atomic E-state index is 14.8. The van der Waals surface area contributed by atoms with Crippen LogP contribution in [-0.4, -0.2) is 96.5 Å². The zero-order valence-electron chi connectivity index (χ0n) is 36.6. The van der Waals surface area contributed by atoms with E-state index in [9.17, 15) is 20.1 Å². The summed E-state index contributed by atoms with van der Waals surface area (Å²) in [6.07, 6.45) is 15.1. The minimum absolute atomic E-state index is 0.0153. The van der Waals surface area contributed by atoms with Crippen molar-refractivity contribution in [2.24, 2.45) is 28.8 Å². The van der Waals surface area contributed by atoms with Gasteiger partial charge in [-0.15, -0.1) is 6.58 Å². The summed E-state index contributed by atoms with van der Waals surface area (Å²) in [5.74, 6) is 0.901. The van der Waals surface area contributed by atoms with Crippen molar-refractivity contribution in [1.29, 1.82) is 0 Å². The molecule has 336 valence electrons. The minimum Gasteiger partial charge on any atom is -0.459 e. The molecule has 1 heterocycles. The first-order valence-corrected chi connectivity index (χ1v) is 23.3. The molecular weight excluding hydrogens is 785 g/mol. The summed E-state index contributed by atoms with van der Waals surface area (Å²) in [5.41, 5.74) is 2.77. The Labute approximate surface area is 367 Å². The van der Waals surface area contributed by atoms with E-state index in [0.717, 1.165) is 78.3 Å². The highest BCUT2D eigenvalue weighted by molar-refractivity contribution is 6.03. The third kappa shape index (κ3) is 10.4. The molecule has 11 nitrogen and oxygen atoms in total. The molecule has 7 rings (SSSR count). The van der Waals surface area contributed by atoms with Crippen LogP contribution in [-0.2, 0) is 19.1 Å². The fraction of sp³-hybridized carbons (Fsp3) is 0.569. The molecule has 0 radical (unpaired) electrons. The topological polar surface area (TPSA) is 140 Å². The van der Waals surface area contributed by atoms with E-state index in [2.05, 4.69) is 43.0 Å². The van der Waals surface area contributed by atoms with E-state index < -0.39 is 17.7 Å². The first kappa shape index (κ1) is 45.8. The lowest BCUT2D eigenvalue weighted by Crippen LogP contribution is -2.70. The number of allylic oxidation sites excluding steroid dienone is 1. The number of benzene rings is 3. The van der Waals surface area contributed by atoms with Crippen LogP contribution in [0.15, 0.2) is 90.1 Å². The number of oxime groups is 1. The molecule has 2 fully saturated rings. The maximum atomic E-state index is 14.8. The summed E-state index contributed by atoms with van der Waals surface area (Å²) in [7, 11) is 0. The Hall–Kier alpha value is -4.26. The standard InChI is InChI=1S/C51H68N2O9/c1-3-29-59-51-47(53(25-30-58-31-28-56)48(57)24-19-36-13-5-6-14-36)35-45(52-60-4-2)43-33-39(17-9-11-26-54)42(18-10-12-27-55)49(50(43)51)44-34-41(22-23-46(44)62-51)61-40-21-20-37-15-7-8-16-38(37)32-40/h3,7-8,15-16,20-23,32-34,36,39,42,47,49-50,54-56H,1,4-6,9-14,17-19,24-31,35H2,2H3. The molecule has 0 saturated heterocycles. The summed E-state index contributed by atoms with van der Waals surface area (Å²) < 4.78 is 27.1. The zero-order chi connectivity index (χ0) is 43.3. The number of hydrogen-bond acceptors (Lipinski definition) is 10.